The van der Waals surface area contributed by atoms with Gasteiger partial charge in [0.05, 0.1) is 6.54 Å². The van der Waals surface area contributed by atoms with E-state index in [-0.39, 0.29) is 18.3 Å². The molecule has 1 fully saturated rings. The molecule has 1 N–H and O–H groups in total. The Morgan fingerprint density at radius 2 is 2.20 bits per heavy atom. The van der Waals surface area contributed by atoms with Crippen molar-refractivity contribution in [3.05, 3.63) is 48.3 Å². The van der Waals surface area contributed by atoms with Crippen molar-refractivity contribution < 1.29 is 9.18 Å². The molecule has 0 bridgehead atoms. The summed E-state index contributed by atoms with van der Waals surface area (Å²) in [6.07, 6.45) is 4.18. The third-order valence-corrected chi connectivity index (χ3v) is 3.43. The Morgan fingerprint density at radius 3 is 2.85 bits per heavy atom. The highest BCUT2D eigenvalue weighted by Gasteiger charge is 2.21. The number of rotatable bonds is 8. The van der Waals surface area contributed by atoms with Crippen LogP contribution in [0.5, 0.6) is 0 Å². The Bertz CT molecular complexity index is 471. The first-order chi connectivity index (χ1) is 9.70. The van der Waals surface area contributed by atoms with E-state index < -0.39 is 0 Å². The molecular weight excluding hydrogens is 255 g/mol. The summed E-state index contributed by atoms with van der Waals surface area (Å²) in [6, 6.07) is 6.55. The molecule has 1 aliphatic carbocycles. The molecule has 4 heteroatoms. The third kappa shape index (κ3) is 4.46. The van der Waals surface area contributed by atoms with Gasteiger partial charge in [-0.25, -0.2) is 4.39 Å². The van der Waals surface area contributed by atoms with E-state index in [4.69, 9.17) is 0 Å². The molecule has 0 atom stereocenters. The van der Waals surface area contributed by atoms with E-state index in [1.165, 1.54) is 18.9 Å². The summed E-state index contributed by atoms with van der Waals surface area (Å²) in [5, 5.41) is 3.17. The molecule has 108 valence electrons. The summed E-state index contributed by atoms with van der Waals surface area (Å²) in [5.41, 5.74) is 0.532. The standard InChI is InChI=1S/C16H21FN2O/c1-2-9-19(12-14-5-3-4-6-15(14)17)16(20)11-18-10-13-7-8-13/h2-6,13,18H,1,7-12H2. The van der Waals surface area contributed by atoms with E-state index in [0.717, 1.165) is 12.5 Å². The van der Waals surface area contributed by atoms with Crippen molar-refractivity contribution in [3.63, 3.8) is 0 Å². The predicted octanol–water partition coefficient (Wildman–Crippen LogP) is 2.34. The molecule has 1 amide bonds. The predicted molar refractivity (Wildman–Crippen MR) is 77.6 cm³/mol. The van der Waals surface area contributed by atoms with Gasteiger partial charge in [0, 0.05) is 18.7 Å². The first kappa shape index (κ1) is 14.7. The fraction of sp³-hybridized carbons (Fsp3) is 0.438. The van der Waals surface area contributed by atoms with Crippen LogP contribution in [-0.2, 0) is 11.3 Å². The maximum Gasteiger partial charge on any atom is 0.237 e. The van der Waals surface area contributed by atoms with Crippen LogP contribution in [0.3, 0.4) is 0 Å². The van der Waals surface area contributed by atoms with Crippen molar-refractivity contribution in [3.8, 4) is 0 Å². The summed E-state index contributed by atoms with van der Waals surface area (Å²) >= 11 is 0. The van der Waals surface area contributed by atoms with Crippen LogP contribution in [0.25, 0.3) is 0 Å². The number of nitrogens with zero attached hydrogens (tertiary/aromatic N) is 1. The van der Waals surface area contributed by atoms with Crippen LogP contribution in [0.1, 0.15) is 18.4 Å². The Kier molecular flexibility index (Phi) is 5.30. The number of benzene rings is 1. The zero-order valence-corrected chi connectivity index (χ0v) is 11.6. The number of nitrogens with one attached hydrogen (secondary N) is 1. The average molecular weight is 276 g/mol. The quantitative estimate of drug-likeness (QED) is 0.739. The van der Waals surface area contributed by atoms with Gasteiger partial charge in [-0.3, -0.25) is 4.79 Å². The zero-order valence-electron chi connectivity index (χ0n) is 11.6. The zero-order chi connectivity index (χ0) is 14.4. The van der Waals surface area contributed by atoms with Gasteiger partial charge < -0.3 is 10.2 Å². The summed E-state index contributed by atoms with van der Waals surface area (Å²) in [6.45, 7) is 5.57. The Labute approximate surface area is 119 Å². The molecule has 1 aromatic carbocycles. The normalized spacial score (nSPS) is 14.1. The largest absolute Gasteiger partial charge is 0.333 e. The topological polar surface area (TPSA) is 32.3 Å². The maximum absolute atomic E-state index is 13.6. The van der Waals surface area contributed by atoms with Gasteiger partial charge >= 0.3 is 0 Å². The van der Waals surface area contributed by atoms with Gasteiger partial charge in [0.2, 0.25) is 5.91 Å². The number of carbonyl (C=O) groups is 1. The van der Waals surface area contributed by atoms with Crippen molar-refractivity contribution in [2.45, 2.75) is 19.4 Å². The number of amides is 1. The minimum Gasteiger partial charge on any atom is -0.333 e. The minimum absolute atomic E-state index is 0.0196. The maximum atomic E-state index is 13.6. The molecule has 0 aliphatic heterocycles. The van der Waals surface area contributed by atoms with E-state index in [9.17, 15) is 9.18 Å². The summed E-state index contributed by atoms with van der Waals surface area (Å²) < 4.78 is 13.6. The van der Waals surface area contributed by atoms with E-state index in [1.807, 2.05) is 0 Å². The van der Waals surface area contributed by atoms with Gasteiger partial charge in [-0.15, -0.1) is 6.58 Å². The second-order valence-electron chi connectivity index (χ2n) is 5.23. The highest BCUT2D eigenvalue weighted by Crippen LogP contribution is 2.27. The van der Waals surface area contributed by atoms with Gasteiger partial charge in [0.1, 0.15) is 5.82 Å². The molecule has 1 saturated carbocycles. The lowest BCUT2D eigenvalue weighted by molar-refractivity contribution is -0.130. The molecule has 0 radical (unpaired) electrons. The van der Waals surface area contributed by atoms with Gasteiger partial charge in [-0.05, 0) is 31.4 Å². The molecule has 0 aromatic heterocycles. The fourth-order valence-corrected chi connectivity index (χ4v) is 2.06. The van der Waals surface area contributed by atoms with Gasteiger partial charge in [0.15, 0.2) is 0 Å². The summed E-state index contributed by atoms with van der Waals surface area (Å²) in [5.74, 6) is 0.441. The fourth-order valence-electron chi connectivity index (χ4n) is 2.06. The molecule has 20 heavy (non-hydrogen) atoms. The second-order valence-corrected chi connectivity index (χ2v) is 5.23. The van der Waals surface area contributed by atoms with Crippen molar-refractivity contribution in [1.82, 2.24) is 10.2 Å². The van der Waals surface area contributed by atoms with Crippen LogP contribution in [0.2, 0.25) is 0 Å². The number of halogens is 1. The smallest absolute Gasteiger partial charge is 0.237 e. The molecule has 0 spiro atoms. The van der Waals surface area contributed by atoms with Crippen molar-refractivity contribution in [1.29, 1.82) is 0 Å². The molecule has 2 rings (SSSR count). The lowest BCUT2D eigenvalue weighted by Crippen LogP contribution is -2.38. The van der Waals surface area contributed by atoms with E-state index in [0.29, 0.717) is 18.7 Å². The number of carbonyl (C=O) groups excluding carboxylic acids is 1. The van der Waals surface area contributed by atoms with Crippen LogP contribution in [-0.4, -0.2) is 30.4 Å². The van der Waals surface area contributed by atoms with E-state index in [2.05, 4.69) is 11.9 Å². The van der Waals surface area contributed by atoms with Gasteiger partial charge in [0.25, 0.3) is 0 Å². The van der Waals surface area contributed by atoms with Crippen molar-refractivity contribution in [2.75, 3.05) is 19.6 Å². The minimum atomic E-state index is -0.277. The first-order valence-corrected chi connectivity index (χ1v) is 7.03. The number of hydrogen-bond acceptors (Lipinski definition) is 2. The molecular formula is C16H21FN2O. The van der Waals surface area contributed by atoms with Crippen LogP contribution in [0.4, 0.5) is 4.39 Å². The van der Waals surface area contributed by atoms with E-state index in [1.54, 1.807) is 29.2 Å². The summed E-state index contributed by atoms with van der Waals surface area (Å²) in [4.78, 5) is 13.8. The van der Waals surface area contributed by atoms with Crippen LogP contribution >= 0.6 is 0 Å². The number of hydrogen-bond donors (Lipinski definition) is 1. The lowest BCUT2D eigenvalue weighted by atomic mass is 10.2. The monoisotopic (exact) mass is 276 g/mol. The molecule has 1 aliphatic rings. The average Bonchev–Trinajstić information content (AvgIpc) is 3.24. The molecule has 1 aromatic rings. The van der Waals surface area contributed by atoms with Gasteiger partial charge in [-0.1, -0.05) is 24.3 Å². The van der Waals surface area contributed by atoms with Crippen LogP contribution in [0.15, 0.2) is 36.9 Å². The van der Waals surface area contributed by atoms with E-state index >= 15 is 0 Å². The second kappa shape index (κ2) is 7.20. The Balaban J connectivity index is 1.89. The van der Waals surface area contributed by atoms with Crippen molar-refractivity contribution in [2.24, 2.45) is 5.92 Å². The van der Waals surface area contributed by atoms with Crippen LogP contribution < -0.4 is 5.32 Å². The molecule has 0 saturated heterocycles. The van der Waals surface area contributed by atoms with Crippen LogP contribution in [0, 0.1) is 11.7 Å². The highest BCUT2D eigenvalue weighted by molar-refractivity contribution is 5.78. The molecule has 0 heterocycles. The SMILES string of the molecule is C=CCN(Cc1ccccc1F)C(=O)CNCC1CC1. The third-order valence-electron chi connectivity index (χ3n) is 3.43. The Hall–Kier alpha value is -1.68. The van der Waals surface area contributed by atoms with Gasteiger partial charge in [-0.2, -0.15) is 0 Å². The highest BCUT2D eigenvalue weighted by atomic mass is 19.1. The lowest BCUT2D eigenvalue weighted by Gasteiger charge is -2.21. The molecule has 3 nitrogen and oxygen atoms in total. The van der Waals surface area contributed by atoms with Crippen molar-refractivity contribution >= 4 is 5.91 Å². The first-order valence-electron chi connectivity index (χ1n) is 7.03. The Morgan fingerprint density at radius 1 is 1.45 bits per heavy atom. The summed E-state index contributed by atoms with van der Waals surface area (Å²) in [7, 11) is 0. The molecule has 0 unspecified atom stereocenters.